The van der Waals surface area contributed by atoms with Gasteiger partial charge in [-0.15, -0.1) is 5.10 Å². The van der Waals surface area contributed by atoms with Crippen molar-refractivity contribution in [3.05, 3.63) is 66.0 Å². The second kappa shape index (κ2) is 6.28. The normalized spacial score (nSPS) is 11.2. The summed E-state index contributed by atoms with van der Waals surface area (Å²) in [7, 11) is 0. The molecule has 0 aliphatic heterocycles. The van der Waals surface area contributed by atoms with E-state index in [9.17, 15) is 0 Å². The Kier molecular flexibility index (Phi) is 3.83. The lowest BCUT2D eigenvalue weighted by molar-refractivity contribution is 0.813. The van der Waals surface area contributed by atoms with Crippen LogP contribution in [0, 0.1) is 0 Å². The van der Waals surface area contributed by atoms with Crippen LogP contribution in [0.25, 0.3) is 16.6 Å². The molecule has 1 N–H and O–H groups in total. The van der Waals surface area contributed by atoms with E-state index < -0.39 is 0 Å². The van der Waals surface area contributed by atoms with Gasteiger partial charge in [0.2, 0.25) is 5.95 Å². The number of nitrogens with zero attached hydrogens (tertiary/aromatic N) is 4. The Hall–Kier alpha value is -2.95. The number of anilines is 1. The first-order chi connectivity index (χ1) is 11.8. The van der Waals surface area contributed by atoms with Crippen molar-refractivity contribution in [2.75, 3.05) is 5.32 Å². The quantitative estimate of drug-likeness (QED) is 0.607. The molecule has 0 amide bonds. The molecule has 2 aromatic carbocycles. The van der Waals surface area contributed by atoms with Gasteiger partial charge in [-0.3, -0.25) is 0 Å². The predicted octanol–water partition coefficient (Wildman–Crippen LogP) is 3.84. The minimum Gasteiger partial charge on any atom is -0.350 e. The molecular formula is C19H19N5. The van der Waals surface area contributed by atoms with Crippen LogP contribution in [0.15, 0.2) is 54.6 Å². The highest BCUT2D eigenvalue weighted by molar-refractivity contribution is 5.92. The molecule has 24 heavy (non-hydrogen) atoms. The molecule has 0 aliphatic rings. The summed E-state index contributed by atoms with van der Waals surface area (Å²) in [5.41, 5.74) is 2.99. The number of hydrogen-bond acceptors (Lipinski definition) is 4. The number of rotatable bonds is 5. The van der Waals surface area contributed by atoms with E-state index in [2.05, 4.69) is 29.5 Å². The van der Waals surface area contributed by atoms with Crippen molar-refractivity contribution < 1.29 is 0 Å². The molecule has 0 bridgehead atoms. The fourth-order valence-corrected chi connectivity index (χ4v) is 2.82. The summed E-state index contributed by atoms with van der Waals surface area (Å²) in [4.78, 5) is 9.46. The van der Waals surface area contributed by atoms with Crippen LogP contribution in [0.1, 0.15) is 24.7 Å². The highest BCUT2D eigenvalue weighted by Crippen LogP contribution is 2.21. The van der Waals surface area contributed by atoms with E-state index in [-0.39, 0.29) is 0 Å². The van der Waals surface area contributed by atoms with Crippen LogP contribution in [-0.2, 0) is 13.0 Å². The zero-order valence-electron chi connectivity index (χ0n) is 13.6. The van der Waals surface area contributed by atoms with Crippen LogP contribution in [0.4, 0.5) is 5.95 Å². The maximum atomic E-state index is 4.74. The first-order valence-electron chi connectivity index (χ1n) is 8.27. The molecule has 4 rings (SSSR count). The van der Waals surface area contributed by atoms with E-state index in [0.29, 0.717) is 6.54 Å². The topological polar surface area (TPSA) is 55.1 Å². The molecular weight excluding hydrogens is 298 g/mol. The van der Waals surface area contributed by atoms with Crippen molar-refractivity contribution in [1.29, 1.82) is 0 Å². The SMILES string of the molecule is CCCc1nc2c3ccccc3nc(NCc3ccccc3)n2n1. The third-order valence-electron chi connectivity index (χ3n) is 3.99. The molecule has 0 radical (unpaired) electrons. The van der Waals surface area contributed by atoms with Gasteiger partial charge in [-0.25, -0.2) is 9.97 Å². The number of hydrogen-bond donors (Lipinski definition) is 1. The van der Waals surface area contributed by atoms with Crippen molar-refractivity contribution in [2.24, 2.45) is 0 Å². The lowest BCUT2D eigenvalue weighted by atomic mass is 10.2. The standard InChI is InChI=1S/C19H19N5/c1-2-8-17-22-18-15-11-6-7-12-16(15)21-19(24(18)23-17)20-13-14-9-4-3-5-10-14/h3-7,9-12H,2,8,13H2,1H3,(H,20,21). The Morgan fingerprint density at radius 2 is 1.75 bits per heavy atom. The second-order valence-corrected chi connectivity index (χ2v) is 5.81. The lowest BCUT2D eigenvalue weighted by Crippen LogP contribution is -2.08. The van der Waals surface area contributed by atoms with Crippen LogP contribution in [0.2, 0.25) is 0 Å². The van der Waals surface area contributed by atoms with Crippen LogP contribution in [-0.4, -0.2) is 19.6 Å². The molecule has 2 heterocycles. The van der Waals surface area contributed by atoms with Crippen molar-refractivity contribution in [1.82, 2.24) is 19.6 Å². The lowest BCUT2D eigenvalue weighted by Gasteiger charge is -2.09. The molecule has 0 saturated carbocycles. The number of para-hydroxylation sites is 1. The summed E-state index contributed by atoms with van der Waals surface area (Å²) < 4.78 is 1.83. The van der Waals surface area contributed by atoms with Crippen molar-refractivity contribution in [2.45, 2.75) is 26.3 Å². The van der Waals surface area contributed by atoms with Gasteiger partial charge in [-0.05, 0) is 24.1 Å². The van der Waals surface area contributed by atoms with E-state index in [4.69, 9.17) is 9.97 Å². The van der Waals surface area contributed by atoms with E-state index in [1.54, 1.807) is 0 Å². The summed E-state index contributed by atoms with van der Waals surface area (Å²) in [5, 5.41) is 9.07. The average Bonchev–Trinajstić information content (AvgIpc) is 3.05. The monoisotopic (exact) mass is 317 g/mol. The Bertz CT molecular complexity index is 975. The molecule has 0 spiro atoms. The summed E-state index contributed by atoms with van der Waals surface area (Å²) in [6.07, 6.45) is 1.89. The Morgan fingerprint density at radius 1 is 0.958 bits per heavy atom. The van der Waals surface area contributed by atoms with Gasteiger partial charge < -0.3 is 5.32 Å². The molecule has 5 heteroatoms. The van der Waals surface area contributed by atoms with Crippen LogP contribution in [0.3, 0.4) is 0 Å². The van der Waals surface area contributed by atoms with Gasteiger partial charge in [0, 0.05) is 18.4 Å². The Morgan fingerprint density at radius 3 is 2.58 bits per heavy atom. The van der Waals surface area contributed by atoms with Gasteiger partial charge in [0.15, 0.2) is 11.5 Å². The number of nitrogens with one attached hydrogen (secondary N) is 1. The van der Waals surface area contributed by atoms with Gasteiger partial charge in [-0.2, -0.15) is 4.52 Å². The molecule has 0 unspecified atom stereocenters. The first-order valence-corrected chi connectivity index (χ1v) is 8.27. The number of benzene rings is 2. The first kappa shape index (κ1) is 14.6. The summed E-state index contributed by atoms with van der Waals surface area (Å²) >= 11 is 0. The third-order valence-corrected chi connectivity index (χ3v) is 3.99. The minimum absolute atomic E-state index is 0.699. The average molecular weight is 317 g/mol. The number of aromatic nitrogens is 4. The Labute approximate surface area is 140 Å². The zero-order valence-corrected chi connectivity index (χ0v) is 13.6. The molecule has 4 aromatic rings. The van der Waals surface area contributed by atoms with E-state index in [1.807, 2.05) is 47.0 Å². The van der Waals surface area contributed by atoms with Crippen LogP contribution < -0.4 is 5.32 Å². The molecule has 0 atom stereocenters. The molecule has 0 saturated heterocycles. The predicted molar refractivity (Wildman–Crippen MR) is 96.1 cm³/mol. The Balaban J connectivity index is 1.79. The number of aryl methyl sites for hydroxylation is 1. The largest absolute Gasteiger partial charge is 0.350 e. The minimum atomic E-state index is 0.699. The van der Waals surface area contributed by atoms with Gasteiger partial charge >= 0.3 is 0 Å². The second-order valence-electron chi connectivity index (χ2n) is 5.81. The third kappa shape index (κ3) is 2.69. The zero-order chi connectivity index (χ0) is 16.4. The van der Waals surface area contributed by atoms with Crippen molar-refractivity contribution in [3.63, 3.8) is 0 Å². The highest BCUT2D eigenvalue weighted by Gasteiger charge is 2.12. The maximum absolute atomic E-state index is 4.74. The van der Waals surface area contributed by atoms with Crippen molar-refractivity contribution in [3.8, 4) is 0 Å². The maximum Gasteiger partial charge on any atom is 0.226 e. The van der Waals surface area contributed by atoms with Gasteiger partial charge in [0.25, 0.3) is 0 Å². The summed E-state index contributed by atoms with van der Waals surface area (Å²) in [6.45, 7) is 2.83. The highest BCUT2D eigenvalue weighted by atomic mass is 15.4. The summed E-state index contributed by atoms with van der Waals surface area (Å²) in [5.74, 6) is 1.58. The fourth-order valence-electron chi connectivity index (χ4n) is 2.82. The molecule has 0 aliphatic carbocycles. The fraction of sp³-hybridized carbons (Fsp3) is 0.211. The molecule has 120 valence electrons. The molecule has 0 fully saturated rings. The molecule has 5 nitrogen and oxygen atoms in total. The van der Waals surface area contributed by atoms with Crippen molar-refractivity contribution >= 4 is 22.5 Å². The van der Waals surface area contributed by atoms with Gasteiger partial charge in [-0.1, -0.05) is 49.4 Å². The van der Waals surface area contributed by atoms with E-state index >= 15 is 0 Å². The van der Waals surface area contributed by atoms with Gasteiger partial charge in [0.1, 0.15) is 0 Å². The van der Waals surface area contributed by atoms with E-state index in [0.717, 1.165) is 41.2 Å². The van der Waals surface area contributed by atoms with Gasteiger partial charge in [0.05, 0.1) is 5.52 Å². The molecule has 2 aromatic heterocycles. The number of fused-ring (bicyclic) bond motifs is 3. The van der Waals surface area contributed by atoms with Crippen LogP contribution in [0.5, 0.6) is 0 Å². The van der Waals surface area contributed by atoms with E-state index in [1.165, 1.54) is 5.56 Å². The summed E-state index contributed by atoms with van der Waals surface area (Å²) in [6, 6.07) is 18.3. The smallest absolute Gasteiger partial charge is 0.226 e. The van der Waals surface area contributed by atoms with Crippen LogP contribution >= 0.6 is 0 Å².